The lowest BCUT2D eigenvalue weighted by atomic mass is 10.4. The minimum atomic E-state index is -0.00257. The maximum absolute atomic E-state index is 12.2. The molecular formula is C14H18N6OS. The largest absolute Gasteiger partial charge is 0.341 e. The lowest BCUT2D eigenvalue weighted by Crippen LogP contribution is -2.33. The molecule has 0 atom stereocenters. The summed E-state index contributed by atoms with van der Waals surface area (Å²) in [5, 5.41) is 17.5. The number of nitrogens with zero attached hydrogens (tertiary/aromatic N) is 6. The number of thioether (sulfide) groups is 1. The van der Waals surface area contributed by atoms with Crippen molar-refractivity contribution in [2.45, 2.75) is 32.3 Å². The van der Waals surface area contributed by atoms with Crippen LogP contribution in [0, 0.1) is 25.2 Å². The van der Waals surface area contributed by atoms with E-state index in [0.29, 0.717) is 24.7 Å². The van der Waals surface area contributed by atoms with Crippen LogP contribution in [0.4, 0.5) is 0 Å². The molecule has 0 bridgehead atoms. The number of fused-ring (bicyclic) bond motifs is 1. The maximum atomic E-state index is 12.2. The number of nitriles is 1. The molecule has 0 N–H and O–H groups in total. The molecule has 0 radical (unpaired) electrons. The van der Waals surface area contributed by atoms with Crippen LogP contribution in [0.2, 0.25) is 0 Å². The SMILES string of the molecule is CCN(CCC#N)C(=O)CSc1nnc2cc(C)nc(C)n12. The van der Waals surface area contributed by atoms with Gasteiger partial charge in [-0.1, -0.05) is 11.8 Å². The smallest absolute Gasteiger partial charge is 0.233 e. The summed E-state index contributed by atoms with van der Waals surface area (Å²) in [6.07, 6.45) is 0.348. The zero-order chi connectivity index (χ0) is 16.1. The van der Waals surface area contributed by atoms with Crippen LogP contribution in [-0.2, 0) is 4.79 Å². The second kappa shape index (κ2) is 7.22. The zero-order valence-electron chi connectivity index (χ0n) is 12.9. The number of rotatable bonds is 6. The lowest BCUT2D eigenvalue weighted by Gasteiger charge is -2.18. The van der Waals surface area contributed by atoms with E-state index in [1.165, 1.54) is 11.8 Å². The van der Waals surface area contributed by atoms with E-state index >= 15 is 0 Å². The van der Waals surface area contributed by atoms with Gasteiger partial charge in [-0.25, -0.2) is 4.98 Å². The Hall–Kier alpha value is -2.14. The molecular weight excluding hydrogens is 300 g/mol. The van der Waals surface area contributed by atoms with Crippen molar-refractivity contribution in [2.75, 3.05) is 18.8 Å². The molecule has 22 heavy (non-hydrogen) atoms. The van der Waals surface area contributed by atoms with Crippen LogP contribution >= 0.6 is 11.8 Å². The van der Waals surface area contributed by atoms with Crippen molar-refractivity contribution < 1.29 is 4.79 Å². The topological polar surface area (TPSA) is 87.2 Å². The molecule has 0 aliphatic carbocycles. The van der Waals surface area contributed by atoms with Crippen molar-refractivity contribution in [2.24, 2.45) is 0 Å². The number of amides is 1. The predicted octanol–water partition coefficient (Wildman–Crippen LogP) is 1.60. The molecule has 8 heteroatoms. The molecule has 2 aromatic rings. The van der Waals surface area contributed by atoms with Crippen LogP contribution in [0.5, 0.6) is 0 Å². The lowest BCUT2D eigenvalue weighted by molar-refractivity contribution is -0.128. The molecule has 0 saturated carbocycles. The third-order valence-electron chi connectivity index (χ3n) is 3.21. The van der Waals surface area contributed by atoms with Gasteiger partial charge in [-0.05, 0) is 20.8 Å². The summed E-state index contributed by atoms with van der Waals surface area (Å²) >= 11 is 1.34. The van der Waals surface area contributed by atoms with Crippen LogP contribution in [0.25, 0.3) is 5.65 Å². The molecule has 2 rings (SSSR count). The van der Waals surface area contributed by atoms with Crippen LogP contribution in [-0.4, -0.2) is 49.2 Å². The third kappa shape index (κ3) is 3.54. The minimum Gasteiger partial charge on any atom is -0.341 e. The number of aryl methyl sites for hydroxylation is 2. The van der Waals surface area contributed by atoms with Crippen molar-refractivity contribution in [1.82, 2.24) is 24.5 Å². The fraction of sp³-hybridized carbons (Fsp3) is 0.500. The monoisotopic (exact) mass is 318 g/mol. The Morgan fingerprint density at radius 1 is 1.45 bits per heavy atom. The highest BCUT2D eigenvalue weighted by Crippen LogP contribution is 2.19. The molecule has 0 saturated heterocycles. The Morgan fingerprint density at radius 3 is 2.91 bits per heavy atom. The first-order valence-corrected chi connectivity index (χ1v) is 8.02. The Bertz CT molecular complexity index is 720. The van der Waals surface area contributed by atoms with Gasteiger partial charge in [0.2, 0.25) is 5.91 Å². The summed E-state index contributed by atoms with van der Waals surface area (Å²) in [5.74, 6) is 1.07. The molecule has 1 amide bonds. The Labute approximate surface area is 133 Å². The molecule has 0 aliphatic heterocycles. The van der Waals surface area contributed by atoms with Crippen LogP contribution in [0.15, 0.2) is 11.2 Å². The number of hydrogen-bond acceptors (Lipinski definition) is 6. The van der Waals surface area contributed by atoms with Gasteiger partial charge in [0.25, 0.3) is 0 Å². The number of hydrogen-bond donors (Lipinski definition) is 0. The van der Waals surface area contributed by atoms with Gasteiger partial charge < -0.3 is 4.90 Å². The molecule has 0 spiro atoms. The Morgan fingerprint density at radius 2 is 2.23 bits per heavy atom. The molecule has 2 aromatic heterocycles. The first-order valence-electron chi connectivity index (χ1n) is 7.03. The molecule has 116 valence electrons. The van der Waals surface area contributed by atoms with Gasteiger partial charge >= 0.3 is 0 Å². The molecule has 0 unspecified atom stereocenters. The quantitative estimate of drug-likeness (QED) is 0.752. The summed E-state index contributed by atoms with van der Waals surface area (Å²) in [6, 6.07) is 3.92. The van der Waals surface area contributed by atoms with Gasteiger partial charge in [0.1, 0.15) is 5.82 Å². The Kier molecular flexibility index (Phi) is 5.33. The molecule has 0 fully saturated rings. The van der Waals surface area contributed by atoms with E-state index in [2.05, 4.69) is 21.3 Å². The minimum absolute atomic E-state index is 0.00257. The average molecular weight is 318 g/mol. The van der Waals surface area contributed by atoms with Crippen molar-refractivity contribution in [1.29, 1.82) is 5.26 Å². The van der Waals surface area contributed by atoms with E-state index in [0.717, 1.165) is 17.2 Å². The highest BCUT2D eigenvalue weighted by atomic mass is 32.2. The molecule has 0 aliphatic rings. The van der Waals surface area contributed by atoms with Crippen LogP contribution in [0.3, 0.4) is 0 Å². The summed E-state index contributed by atoms with van der Waals surface area (Å²) in [4.78, 5) is 18.2. The van der Waals surface area contributed by atoms with E-state index in [9.17, 15) is 4.79 Å². The second-order valence-electron chi connectivity index (χ2n) is 4.79. The van der Waals surface area contributed by atoms with Crippen molar-refractivity contribution in [3.63, 3.8) is 0 Å². The highest BCUT2D eigenvalue weighted by molar-refractivity contribution is 7.99. The number of carbonyl (C=O) groups excluding carboxylic acids is 1. The van der Waals surface area contributed by atoms with Crippen molar-refractivity contribution in [3.8, 4) is 6.07 Å². The highest BCUT2D eigenvalue weighted by Gasteiger charge is 2.15. The summed E-state index contributed by atoms with van der Waals surface area (Å²) in [5.41, 5.74) is 1.62. The van der Waals surface area contributed by atoms with E-state index in [-0.39, 0.29) is 11.7 Å². The number of carbonyl (C=O) groups is 1. The van der Waals surface area contributed by atoms with E-state index < -0.39 is 0 Å². The fourth-order valence-corrected chi connectivity index (χ4v) is 3.05. The van der Waals surface area contributed by atoms with E-state index in [1.54, 1.807) is 4.90 Å². The standard InChI is InChI=1S/C14H18N6OS/c1-4-19(7-5-6-15)13(21)9-22-14-18-17-12-8-10(2)16-11(3)20(12)14/h8H,4-5,7,9H2,1-3H3. The fourth-order valence-electron chi connectivity index (χ4n) is 2.16. The molecule has 0 aromatic carbocycles. The zero-order valence-corrected chi connectivity index (χ0v) is 13.7. The van der Waals surface area contributed by atoms with Gasteiger partial charge in [0.05, 0.1) is 18.2 Å². The maximum Gasteiger partial charge on any atom is 0.233 e. The first kappa shape index (κ1) is 16.2. The third-order valence-corrected chi connectivity index (χ3v) is 4.12. The van der Waals surface area contributed by atoms with Gasteiger partial charge in [0.15, 0.2) is 10.8 Å². The van der Waals surface area contributed by atoms with Gasteiger partial charge in [-0.2, -0.15) is 5.26 Å². The van der Waals surface area contributed by atoms with Crippen LogP contribution < -0.4 is 0 Å². The molecule has 2 heterocycles. The summed E-state index contributed by atoms with van der Waals surface area (Å²) < 4.78 is 1.84. The number of aromatic nitrogens is 4. The summed E-state index contributed by atoms with van der Waals surface area (Å²) in [7, 11) is 0. The van der Waals surface area contributed by atoms with E-state index in [4.69, 9.17) is 5.26 Å². The second-order valence-corrected chi connectivity index (χ2v) is 5.73. The van der Waals surface area contributed by atoms with Crippen molar-refractivity contribution >= 4 is 23.3 Å². The average Bonchev–Trinajstić information content (AvgIpc) is 2.89. The first-order chi connectivity index (χ1) is 10.6. The van der Waals surface area contributed by atoms with Gasteiger partial charge in [0, 0.05) is 24.8 Å². The molecule has 7 nitrogen and oxygen atoms in total. The summed E-state index contributed by atoms with van der Waals surface area (Å²) in [6.45, 7) is 6.77. The van der Waals surface area contributed by atoms with Crippen molar-refractivity contribution in [3.05, 3.63) is 17.6 Å². The Balaban J connectivity index is 2.09. The normalized spacial score (nSPS) is 10.6. The van der Waals surface area contributed by atoms with Gasteiger partial charge in [-0.15, -0.1) is 10.2 Å². The van der Waals surface area contributed by atoms with Gasteiger partial charge in [-0.3, -0.25) is 9.20 Å². The van der Waals surface area contributed by atoms with E-state index in [1.807, 2.05) is 31.2 Å². The predicted molar refractivity (Wildman–Crippen MR) is 83.5 cm³/mol. The van der Waals surface area contributed by atoms with Crippen LogP contribution in [0.1, 0.15) is 24.9 Å².